The molecule has 29 heavy (non-hydrogen) atoms. The fourth-order valence-corrected chi connectivity index (χ4v) is 3.72. The number of aromatic nitrogens is 2. The Morgan fingerprint density at radius 3 is 2.41 bits per heavy atom. The van der Waals surface area contributed by atoms with Gasteiger partial charge in [-0.25, -0.2) is 4.98 Å². The van der Waals surface area contributed by atoms with E-state index in [1.54, 1.807) is 18.2 Å². The third kappa shape index (κ3) is 5.23. The number of para-hydroxylation sites is 2. The van der Waals surface area contributed by atoms with Crippen LogP contribution in [0.25, 0.3) is 16.6 Å². The standard InChI is InChI=1S/C21H20N2O5S/c1-14(24)27-12-17(28-15(2)25)13-29-21-22-19-11-7-6-10-18(19)20(26)23(21)16-8-4-3-5-9-16/h3-11,17H,12-13H2,1-2H3. The highest BCUT2D eigenvalue weighted by Crippen LogP contribution is 2.22. The summed E-state index contributed by atoms with van der Waals surface area (Å²) in [5, 5.41) is 0.969. The second kappa shape index (κ2) is 9.38. The number of carbonyl (C=O) groups is 2. The number of fused-ring (bicyclic) bond motifs is 1. The maximum absolute atomic E-state index is 13.1. The lowest BCUT2D eigenvalue weighted by Gasteiger charge is -2.18. The lowest BCUT2D eigenvalue weighted by Crippen LogP contribution is -2.27. The minimum Gasteiger partial charge on any atom is -0.462 e. The first-order chi connectivity index (χ1) is 14.0. The van der Waals surface area contributed by atoms with Crippen LogP contribution in [0.4, 0.5) is 0 Å². The number of carbonyl (C=O) groups excluding carboxylic acids is 2. The Bertz CT molecular complexity index is 1080. The van der Waals surface area contributed by atoms with Crippen LogP contribution in [0.3, 0.4) is 0 Å². The van der Waals surface area contributed by atoms with Gasteiger partial charge in [0.2, 0.25) is 0 Å². The van der Waals surface area contributed by atoms with E-state index in [0.29, 0.717) is 21.7 Å². The molecule has 0 aliphatic rings. The van der Waals surface area contributed by atoms with E-state index in [1.165, 1.54) is 30.2 Å². The van der Waals surface area contributed by atoms with Gasteiger partial charge in [0, 0.05) is 19.6 Å². The van der Waals surface area contributed by atoms with Crippen molar-refractivity contribution in [3.8, 4) is 5.69 Å². The van der Waals surface area contributed by atoms with Crippen LogP contribution in [-0.4, -0.2) is 40.0 Å². The van der Waals surface area contributed by atoms with Crippen molar-refractivity contribution in [3.63, 3.8) is 0 Å². The highest BCUT2D eigenvalue weighted by atomic mass is 32.2. The summed E-state index contributed by atoms with van der Waals surface area (Å²) in [7, 11) is 0. The molecule has 0 aliphatic carbocycles. The van der Waals surface area contributed by atoms with Gasteiger partial charge in [-0.05, 0) is 24.3 Å². The third-order valence-electron chi connectivity index (χ3n) is 3.96. The van der Waals surface area contributed by atoms with Gasteiger partial charge in [0.05, 0.1) is 16.6 Å². The number of hydrogen-bond donors (Lipinski definition) is 0. The molecule has 0 aliphatic heterocycles. The van der Waals surface area contributed by atoms with E-state index in [4.69, 9.17) is 9.47 Å². The number of thioether (sulfide) groups is 1. The Kier molecular flexibility index (Phi) is 6.66. The van der Waals surface area contributed by atoms with Crippen molar-refractivity contribution in [3.05, 3.63) is 65.0 Å². The quantitative estimate of drug-likeness (QED) is 0.335. The summed E-state index contributed by atoms with van der Waals surface area (Å²) in [4.78, 5) is 40.3. The first-order valence-corrected chi connectivity index (χ1v) is 9.95. The third-order valence-corrected chi connectivity index (χ3v) is 5.03. The molecule has 0 bridgehead atoms. The predicted octanol–water partition coefficient (Wildman–Crippen LogP) is 2.97. The van der Waals surface area contributed by atoms with Gasteiger partial charge < -0.3 is 9.47 Å². The smallest absolute Gasteiger partial charge is 0.303 e. The fraction of sp³-hybridized carbons (Fsp3) is 0.238. The monoisotopic (exact) mass is 412 g/mol. The lowest BCUT2D eigenvalue weighted by molar-refractivity contribution is -0.154. The number of rotatable bonds is 7. The Labute approximate surface area is 171 Å². The maximum atomic E-state index is 13.1. The zero-order chi connectivity index (χ0) is 20.8. The average molecular weight is 412 g/mol. The molecule has 1 unspecified atom stereocenters. The SMILES string of the molecule is CC(=O)OCC(CSc1nc2ccccc2c(=O)n1-c1ccccc1)OC(C)=O. The normalized spacial score (nSPS) is 11.8. The number of hydrogen-bond acceptors (Lipinski definition) is 7. The van der Waals surface area contributed by atoms with Crippen molar-refractivity contribution in [2.24, 2.45) is 0 Å². The molecule has 0 radical (unpaired) electrons. The first kappa shape index (κ1) is 20.6. The maximum Gasteiger partial charge on any atom is 0.303 e. The van der Waals surface area contributed by atoms with Crippen LogP contribution in [0.5, 0.6) is 0 Å². The van der Waals surface area contributed by atoms with E-state index < -0.39 is 18.0 Å². The van der Waals surface area contributed by atoms with E-state index in [2.05, 4.69) is 4.98 Å². The molecule has 0 saturated heterocycles. The van der Waals surface area contributed by atoms with Gasteiger partial charge in [0.25, 0.3) is 5.56 Å². The van der Waals surface area contributed by atoms with Gasteiger partial charge in [0.15, 0.2) is 5.16 Å². The molecule has 0 spiro atoms. The van der Waals surface area contributed by atoms with Crippen LogP contribution >= 0.6 is 11.8 Å². The van der Waals surface area contributed by atoms with Gasteiger partial charge in [-0.1, -0.05) is 42.1 Å². The van der Waals surface area contributed by atoms with Crippen molar-refractivity contribution in [1.82, 2.24) is 9.55 Å². The summed E-state index contributed by atoms with van der Waals surface area (Å²) in [5.41, 5.74) is 1.08. The Hall–Kier alpha value is -3.13. The summed E-state index contributed by atoms with van der Waals surface area (Å²) in [6.45, 7) is 2.51. The van der Waals surface area contributed by atoms with Crippen molar-refractivity contribution < 1.29 is 19.1 Å². The molecule has 8 heteroatoms. The largest absolute Gasteiger partial charge is 0.462 e. The molecular formula is C21H20N2O5S. The summed E-state index contributed by atoms with van der Waals surface area (Å²) in [6.07, 6.45) is -0.658. The molecule has 1 aromatic heterocycles. The zero-order valence-corrected chi connectivity index (χ0v) is 16.8. The molecule has 1 atom stereocenters. The molecule has 0 amide bonds. The van der Waals surface area contributed by atoms with Gasteiger partial charge >= 0.3 is 11.9 Å². The number of benzene rings is 2. The van der Waals surface area contributed by atoms with Crippen molar-refractivity contribution in [2.45, 2.75) is 25.1 Å². The topological polar surface area (TPSA) is 87.5 Å². The predicted molar refractivity (Wildman–Crippen MR) is 110 cm³/mol. The molecular weight excluding hydrogens is 392 g/mol. The van der Waals surface area contributed by atoms with Crippen LogP contribution in [-0.2, 0) is 19.1 Å². The van der Waals surface area contributed by atoms with Crippen molar-refractivity contribution >= 4 is 34.6 Å². The minimum atomic E-state index is -0.658. The van der Waals surface area contributed by atoms with Crippen LogP contribution in [0.2, 0.25) is 0 Å². The molecule has 3 rings (SSSR count). The molecule has 1 heterocycles. The van der Waals surface area contributed by atoms with E-state index >= 15 is 0 Å². The second-order valence-electron chi connectivity index (χ2n) is 6.23. The number of ether oxygens (including phenoxy) is 2. The summed E-state index contributed by atoms with van der Waals surface area (Å²) < 4.78 is 11.7. The highest BCUT2D eigenvalue weighted by molar-refractivity contribution is 7.99. The molecule has 0 N–H and O–H groups in total. The van der Waals surface area contributed by atoms with Gasteiger partial charge in [-0.3, -0.25) is 19.0 Å². The van der Waals surface area contributed by atoms with Gasteiger partial charge in [0.1, 0.15) is 12.7 Å². The molecule has 0 fully saturated rings. The van der Waals surface area contributed by atoms with E-state index in [1.807, 2.05) is 36.4 Å². The van der Waals surface area contributed by atoms with Crippen LogP contribution < -0.4 is 5.56 Å². The molecule has 2 aromatic carbocycles. The van der Waals surface area contributed by atoms with Gasteiger partial charge in [-0.15, -0.1) is 0 Å². The highest BCUT2D eigenvalue weighted by Gasteiger charge is 2.18. The number of esters is 2. The molecule has 3 aromatic rings. The Morgan fingerprint density at radius 2 is 1.72 bits per heavy atom. The first-order valence-electron chi connectivity index (χ1n) is 8.96. The minimum absolute atomic E-state index is 0.0644. The van der Waals surface area contributed by atoms with Crippen LogP contribution in [0.15, 0.2) is 64.5 Å². The molecule has 7 nitrogen and oxygen atoms in total. The summed E-state index contributed by atoms with van der Waals surface area (Å²) >= 11 is 1.26. The van der Waals surface area contributed by atoms with Gasteiger partial charge in [-0.2, -0.15) is 0 Å². The van der Waals surface area contributed by atoms with Crippen molar-refractivity contribution in [1.29, 1.82) is 0 Å². The van der Waals surface area contributed by atoms with Crippen LogP contribution in [0, 0.1) is 0 Å². The average Bonchev–Trinajstić information content (AvgIpc) is 2.70. The Balaban J connectivity index is 1.97. The Morgan fingerprint density at radius 1 is 1.03 bits per heavy atom. The zero-order valence-electron chi connectivity index (χ0n) is 16.0. The fourth-order valence-electron chi connectivity index (χ4n) is 2.74. The second-order valence-corrected chi connectivity index (χ2v) is 7.22. The number of nitrogens with zero attached hydrogens (tertiary/aromatic N) is 2. The van der Waals surface area contributed by atoms with E-state index in [9.17, 15) is 14.4 Å². The summed E-state index contributed by atoms with van der Waals surface area (Å²) in [5.74, 6) is -0.670. The molecule has 150 valence electrons. The van der Waals surface area contributed by atoms with Crippen molar-refractivity contribution in [2.75, 3.05) is 12.4 Å². The van der Waals surface area contributed by atoms with E-state index in [-0.39, 0.29) is 17.9 Å². The lowest BCUT2D eigenvalue weighted by atomic mass is 10.2. The van der Waals surface area contributed by atoms with E-state index in [0.717, 1.165) is 0 Å². The van der Waals surface area contributed by atoms with Crippen LogP contribution in [0.1, 0.15) is 13.8 Å². The molecule has 0 saturated carbocycles. The summed E-state index contributed by atoms with van der Waals surface area (Å²) in [6, 6.07) is 16.3.